The molecule has 0 unspecified atom stereocenters. The third-order valence-corrected chi connectivity index (χ3v) is 7.21. The number of ether oxygens (including phenoxy) is 5. The minimum absolute atomic E-state index is 0.142. The van der Waals surface area contributed by atoms with Crippen LogP contribution in [-0.4, -0.2) is 109 Å². The molecule has 5 N–H and O–H groups in total. The van der Waals surface area contributed by atoms with E-state index in [1.165, 1.54) is 7.11 Å². The highest BCUT2D eigenvalue weighted by atomic mass is 127. The number of aromatic carboxylic acids is 1. The van der Waals surface area contributed by atoms with Crippen LogP contribution < -0.4 is 20.9 Å². The Labute approximate surface area is 317 Å². The minimum atomic E-state index is -0.974. The monoisotopic (exact) mass is 842 g/mol. The van der Waals surface area contributed by atoms with Gasteiger partial charge in [0.25, 0.3) is 0 Å². The van der Waals surface area contributed by atoms with Gasteiger partial charge in [0.1, 0.15) is 13.2 Å². The second-order valence-electron chi connectivity index (χ2n) is 10.8. The molecule has 18 nitrogen and oxygen atoms in total. The van der Waals surface area contributed by atoms with Gasteiger partial charge in [0.05, 0.1) is 57.2 Å². The predicted molar refractivity (Wildman–Crippen MR) is 204 cm³/mol. The summed E-state index contributed by atoms with van der Waals surface area (Å²) in [5.41, 5.74) is 16.3. The summed E-state index contributed by atoms with van der Waals surface area (Å²) >= 11 is 2.15. The lowest BCUT2D eigenvalue weighted by Crippen LogP contribution is -2.09. The van der Waals surface area contributed by atoms with Crippen molar-refractivity contribution in [2.24, 2.45) is 0 Å². The molecule has 4 heterocycles. The molecule has 0 bridgehead atoms. The van der Waals surface area contributed by atoms with Gasteiger partial charge in [-0.2, -0.15) is 19.9 Å². The number of esters is 1. The number of hydrogen-bond donors (Lipinski definition) is 3. The Hall–Kier alpha value is -5.67. The van der Waals surface area contributed by atoms with E-state index >= 15 is 0 Å². The fraction of sp³-hybridized carbons (Fsp3) is 0.294. The highest BCUT2D eigenvalue weighted by molar-refractivity contribution is 14.1. The lowest BCUT2D eigenvalue weighted by molar-refractivity contribution is 0.0599. The predicted octanol–water partition coefficient (Wildman–Crippen LogP) is 3.50. The molecule has 0 radical (unpaired) electrons. The maximum absolute atomic E-state index is 11.7. The number of nitrogens with zero attached hydrogens (tertiary/aromatic N) is 8. The molecular formula is C34H39IN10O8. The van der Waals surface area contributed by atoms with Crippen molar-refractivity contribution in [3.63, 3.8) is 0 Å². The van der Waals surface area contributed by atoms with E-state index in [1.54, 1.807) is 67.8 Å². The number of imidazole rings is 2. The summed E-state index contributed by atoms with van der Waals surface area (Å²) in [5.74, 6) is -0.902. The number of aromatic nitrogens is 8. The van der Waals surface area contributed by atoms with Gasteiger partial charge in [-0.1, -0.05) is 46.9 Å². The molecule has 0 amide bonds. The van der Waals surface area contributed by atoms with E-state index in [2.05, 4.69) is 52.5 Å². The van der Waals surface area contributed by atoms with Crippen molar-refractivity contribution in [2.75, 3.05) is 64.2 Å². The van der Waals surface area contributed by atoms with Crippen LogP contribution in [0.2, 0.25) is 0 Å². The van der Waals surface area contributed by atoms with E-state index in [4.69, 9.17) is 40.3 Å². The van der Waals surface area contributed by atoms with Gasteiger partial charge in [0.2, 0.25) is 0 Å². The Morgan fingerprint density at radius 2 is 1.15 bits per heavy atom. The number of benzene rings is 2. The molecule has 0 aliphatic heterocycles. The minimum Gasteiger partial charge on any atom is -0.478 e. The maximum Gasteiger partial charge on any atom is 0.337 e. The molecule has 6 rings (SSSR count). The molecule has 0 aliphatic carbocycles. The number of hydrogen-bond acceptors (Lipinski definition) is 15. The molecule has 0 spiro atoms. The van der Waals surface area contributed by atoms with E-state index in [1.807, 2.05) is 21.6 Å². The first-order valence-electron chi connectivity index (χ1n) is 15.8. The Bertz CT molecular complexity index is 2140. The molecule has 280 valence electrons. The van der Waals surface area contributed by atoms with E-state index in [0.717, 1.165) is 11.1 Å². The normalized spacial score (nSPS) is 10.6. The maximum atomic E-state index is 11.7. The zero-order chi connectivity index (χ0) is 38.3. The number of rotatable bonds is 14. The van der Waals surface area contributed by atoms with Crippen LogP contribution in [0.5, 0.6) is 12.0 Å². The molecule has 6 aromatic rings. The van der Waals surface area contributed by atoms with Gasteiger partial charge >= 0.3 is 24.0 Å². The number of carboxylic acid groups (broad SMARTS) is 1. The van der Waals surface area contributed by atoms with Crippen LogP contribution in [-0.2, 0) is 27.3 Å². The molecule has 0 aliphatic rings. The molecule has 4 aromatic heterocycles. The Balaban J connectivity index is 0.000000226. The summed E-state index contributed by atoms with van der Waals surface area (Å²) in [7, 11) is 4.50. The first kappa shape index (κ1) is 40.1. The van der Waals surface area contributed by atoms with Gasteiger partial charge in [-0.15, -0.1) is 0 Å². The second-order valence-corrected chi connectivity index (χ2v) is 10.8. The average molecular weight is 843 g/mol. The lowest BCUT2D eigenvalue weighted by Gasteiger charge is -2.08. The number of anilines is 2. The molecule has 0 atom stereocenters. The number of carboxylic acids is 1. The molecule has 19 heteroatoms. The van der Waals surface area contributed by atoms with Crippen molar-refractivity contribution >= 4 is 68.5 Å². The third-order valence-electron chi connectivity index (χ3n) is 7.21. The van der Waals surface area contributed by atoms with Crippen LogP contribution in [0.1, 0.15) is 31.8 Å². The van der Waals surface area contributed by atoms with Gasteiger partial charge in [-0.05, 0) is 40.3 Å². The van der Waals surface area contributed by atoms with Gasteiger partial charge in [0.15, 0.2) is 34.0 Å². The van der Waals surface area contributed by atoms with Gasteiger partial charge in [-0.25, -0.2) is 19.6 Å². The lowest BCUT2D eigenvalue weighted by atomic mass is 10.1. The van der Waals surface area contributed by atoms with Gasteiger partial charge in [-0.3, -0.25) is 0 Å². The van der Waals surface area contributed by atoms with Crippen LogP contribution >= 0.6 is 22.6 Å². The van der Waals surface area contributed by atoms with Crippen LogP contribution in [0.25, 0.3) is 22.3 Å². The quantitative estimate of drug-likeness (QED) is 0.0615. The SMILES string of the molecule is CI.COCCOc1nc(N)c2ncn(Cc3cccc(C(=O)O)c3)c2n1.COCCOc1nc(N)c2ncn(Cc3cccc(C(=O)OC)c3)c2n1. The van der Waals surface area contributed by atoms with E-state index in [-0.39, 0.29) is 35.2 Å². The van der Waals surface area contributed by atoms with Crippen molar-refractivity contribution in [2.45, 2.75) is 13.1 Å². The zero-order valence-corrected chi connectivity index (χ0v) is 31.6. The van der Waals surface area contributed by atoms with Crippen LogP contribution in [0.4, 0.5) is 11.6 Å². The van der Waals surface area contributed by atoms with Gasteiger partial charge in [0, 0.05) is 14.2 Å². The fourth-order valence-electron chi connectivity index (χ4n) is 4.79. The van der Waals surface area contributed by atoms with E-state index in [0.29, 0.717) is 67.4 Å². The number of alkyl halides is 1. The van der Waals surface area contributed by atoms with Crippen molar-refractivity contribution in [1.82, 2.24) is 39.0 Å². The highest BCUT2D eigenvalue weighted by Crippen LogP contribution is 2.22. The highest BCUT2D eigenvalue weighted by Gasteiger charge is 2.15. The molecular weight excluding hydrogens is 803 g/mol. The molecule has 0 fully saturated rings. The summed E-state index contributed by atoms with van der Waals surface area (Å²) in [6, 6.07) is 14.1. The van der Waals surface area contributed by atoms with Crippen LogP contribution in [0.3, 0.4) is 0 Å². The average Bonchev–Trinajstić information content (AvgIpc) is 3.77. The van der Waals surface area contributed by atoms with Gasteiger partial charge < -0.3 is 49.4 Å². The number of carbonyl (C=O) groups excluding carboxylic acids is 1. The van der Waals surface area contributed by atoms with Crippen molar-refractivity contribution in [1.29, 1.82) is 0 Å². The number of carbonyl (C=O) groups is 2. The number of fused-ring (bicyclic) bond motifs is 2. The number of nitrogens with two attached hydrogens (primary N) is 2. The number of methoxy groups -OCH3 is 3. The second kappa shape index (κ2) is 19.8. The molecule has 2 aromatic carbocycles. The van der Waals surface area contributed by atoms with E-state index in [9.17, 15) is 9.59 Å². The smallest absolute Gasteiger partial charge is 0.337 e. The first-order valence-corrected chi connectivity index (χ1v) is 17.9. The third kappa shape index (κ3) is 10.7. The summed E-state index contributed by atoms with van der Waals surface area (Å²) in [6.45, 7) is 2.29. The van der Waals surface area contributed by atoms with Crippen LogP contribution in [0.15, 0.2) is 61.2 Å². The summed E-state index contributed by atoms with van der Waals surface area (Å²) in [5, 5.41) is 9.10. The Morgan fingerprint density at radius 1 is 0.698 bits per heavy atom. The largest absolute Gasteiger partial charge is 0.478 e. The standard InChI is InChI=1S/C17H19N5O4.C16H17N5O4.CH3I/c1-24-6-7-26-17-20-14(18)13-15(21-17)22(10-19-13)9-11-4-3-5-12(8-11)16(23)25-2;1-24-5-6-25-16-19-13(17)12-14(20-16)21(9-18-12)8-10-3-2-4-11(7-10)15(22)23;1-2/h3-5,8,10H,6-7,9H2,1-2H3,(H2,18,20,21);2-4,7,9H,5-6,8H2,1H3,(H,22,23)(H2,17,19,20);1H3. The summed E-state index contributed by atoms with van der Waals surface area (Å²) in [4.78, 5) is 50.1. The molecule has 53 heavy (non-hydrogen) atoms. The topological polar surface area (TPSA) is 240 Å². The summed E-state index contributed by atoms with van der Waals surface area (Å²) in [6.07, 6.45) is 3.21. The van der Waals surface area contributed by atoms with E-state index < -0.39 is 5.97 Å². The Morgan fingerprint density at radius 3 is 1.58 bits per heavy atom. The molecule has 0 saturated heterocycles. The van der Waals surface area contributed by atoms with Crippen molar-refractivity contribution in [3.8, 4) is 12.0 Å². The Kier molecular flexibility index (Phi) is 15.0. The molecule has 0 saturated carbocycles. The zero-order valence-electron chi connectivity index (χ0n) is 29.4. The summed E-state index contributed by atoms with van der Waals surface area (Å²) < 4.78 is 29.1. The number of halogens is 1. The number of nitrogen functional groups attached to an aromatic ring is 2. The fourth-order valence-corrected chi connectivity index (χ4v) is 4.79. The van der Waals surface area contributed by atoms with Crippen LogP contribution in [0, 0.1) is 0 Å². The van der Waals surface area contributed by atoms with Crippen molar-refractivity contribution in [3.05, 3.63) is 83.4 Å². The first-order chi connectivity index (χ1) is 25.7. The van der Waals surface area contributed by atoms with Crippen molar-refractivity contribution < 1.29 is 38.4 Å².